The summed E-state index contributed by atoms with van der Waals surface area (Å²) in [6, 6.07) is 22.2. The number of amides is 1. The number of carbonyl (C=O) groups is 1. The molecule has 0 radical (unpaired) electrons. The van der Waals surface area contributed by atoms with Crippen molar-refractivity contribution < 1.29 is 9.53 Å². The van der Waals surface area contributed by atoms with Gasteiger partial charge in [-0.25, -0.2) is 0 Å². The molecule has 0 aromatic heterocycles. The van der Waals surface area contributed by atoms with E-state index in [1.807, 2.05) is 56.3 Å². The number of hydrogen-bond acceptors (Lipinski definition) is 2. The molecule has 0 saturated carbocycles. The van der Waals surface area contributed by atoms with Gasteiger partial charge in [0.05, 0.1) is 13.0 Å². The molecule has 0 fully saturated rings. The number of carbonyl (C=O) groups excluding carboxylic acids is 1. The Bertz CT molecular complexity index is 909. The van der Waals surface area contributed by atoms with Crippen LogP contribution in [0.4, 0.5) is 5.69 Å². The number of aryl methyl sites for hydroxylation is 3. The van der Waals surface area contributed by atoms with Crippen molar-refractivity contribution in [3.05, 3.63) is 83.4 Å². The predicted molar refractivity (Wildman–Crippen MR) is 111 cm³/mol. The van der Waals surface area contributed by atoms with Crippen molar-refractivity contribution >= 4 is 11.6 Å². The zero-order valence-electron chi connectivity index (χ0n) is 16.1. The number of para-hydroxylation sites is 1. The summed E-state index contributed by atoms with van der Waals surface area (Å²) < 4.78 is 5.92. The Morgan fingerprint density at radius 1 is 0.889 bits per heavy atom. The van der Waals surface area contributed by atoms with Gasteiger partial charge >= 0.3 is 0 Å². The van der Waals surface area contributed by atoms with E-state index in [4.69, 9.17) is 4.74 Å². The van der Waals surface area contributed by atoms with Crippen LogP contribution in [0.15, 0.2) is 66.7 Å². The molecule has 0 aliphatic rings. The molecular weight excluding hydrogens is 334 g/mol. The van der Waals surface area contributed by atoms with E-state index in [-0.39, 0.29) is 5.91 Å². The average molecular weight is 359 g/mol. The topological polar surface area (TPSA) is 38.3 Å². The molecule has 1 amide bonds. The fraction of sp³-hybridized carbons (Fsp3) is 0.208. The highest BCUT2D eigenvalue weighted by Crippen LogP contribution is 2.29. The van der Waals surface area contributed by atoms with E-state index in [1.165, 1.54) is 5.56 Å². The summed E-state index contributed by atoms with van der Waals surface area (Å²) in [5.74, 6) is 0.751. The maximum absolute atomic E-state index is 12.4. The first-order chi connectivity index (χ1) is 13.0. The first kappa shape index (κ1) is 18.7. The summed E-state index contributed by atoms with van der Waals surface area (Å²) in [5.41, 5.74) is 6.39. The predicted octanol–water partition coefficient (Wildman–Crippen LogP) is 5.69. The fourth-order valence-electron chi connectivity index (χ4n) is 3.28. The van der Waals surface area contributed by atoms with Crippen LogP contribution in [0.1, 0.15) is 23.1 Å². The summed E-state index contributed by atoms with van der Waals surface area (Å²) in [7, 11) is 0. The van der Waals surface area contributed by atoms with Gasteiger partial charge in [0.1, 0.15) is 5.75 Å². The number of hydrogen-bond donors (Lipinski definition) is 1. The molecule has 3 heteroatoms. The normalized spacial score (nSPS) is 10.5. The van der Waals surface area contributed by atoms with Crippen molar-refractivity contribution in [2.45, 2.75) is 27.2 Å². The van der Waals surface area contributed by atoms with Crippen molar-refractivity contribution in [1.29, 1.82) is 0 Å². The van der Waals surface area contributed by atoms with E-state index in [9.17, 15) is 4.79 Å². The summed E-state index contributed by atoms with van der Waals surface area (Å²) in [5, 5.41) is 3.02. The maximum atomic E-state index is 12.4. The third kappa shape index (κ3) is 4.76. The summed E-state index contributed by atoms with van der Waals surface area (Å²) >= 11 is 0. The van der Waals surface area contributed by atoms with Crippen LogP contribution < -0.4 is 10.1 Å². The lowest BCUT2D eigenvalue weighted by Crippen LogP contribution is -2.16. The van der Waals surface area contributed by atoms with Crippen LogP contribution in [0.25, 0.3) is 11.1 Å². The van der Waals surface area contributed by atoms with Gasteiger partial charge in [-0.3, -0.25) is 4.79 Å². The highest BCUT2D eigenvalue weighted by molar-refractivity contribution is 5.92. The van der Waals surface area contributed by atoms with Crippen molar-refractivity contribution in [3.8, 4) is 16.9 Å². The zero-order valence-corrected chi connectivity index (χ0v) is 16.1. The molecule has 0 aliphatic carbocycles. The van der Waals surface area contributed by atoms with E-state index >= 15 is 0 Å². The third-order valence-corrected chi connectivity index (χ3v) is 4.50. The molecule has 0 bridgehead atoms. The molecule has 3 aromatic carbocycles. The van der Waals surface area contributed by atoms with E-state index in [1.54, 1.807) is 0 Å². The quantitative estimate of drug-likeness (QED) is 0.614. The molecule has 3 rings (SSSR count). The van der Waals surface area contributed by atoms with Gasteiger partial charge in [-0.15, -0.1) is 0 Å². The molecule has 0 atom stereocenters. The van der Waals surface area contributed by atoms with E-state index in [2.05, 4.69) is 36.5 Å². The Morgan fingerprint density at radius 3 is 2.22 bits per heavy atom. The standard InChI is InChI=1S/C24H25NO2/c1-17-15-18(2)24(19(3)16-17)25-23(26)13-14-27-22-12-8-7-11-21(22)20-9-5-4-6-10-20/h4-12,15-16H,13-14H2,1-3H3,(H,25,26). The summed E-state index contributed by atoms with van der Waals surface area (Å²) in [6.07, 6.45) is 0.301. The van der Waals surface area contributed by atoms with Crippen LogP contribution >= 0.6 is 0 Å². The lowest BCUT2D eigenvalue weighted by Gasteiger charge is -2.14. The van der Waals surface area contributed by atoms with E-state index in [0.29, 0.717) is 13.0 Å². The van der Waals surface area contributed by atoms with Crippen molar-refractivity contribution in [2.75, 3.05) is 11.9 Å². The smallest absolute Gasteiger partial charge is 0.227 e. The van der Waals surface area contributed by atoms with Crippen molar-refractivity contribution in [1.82, 2.24) is 0 Å². The Hall–Kier alpha value is -3.07. The molecule has 0 spiro atoms. The first-order valence-corrected chi connectivity index (χ1v) is 9.19. The number of ether oxygens (including phenoxy) is 1. The number of benzene rings is 3. The molecule has 0 aliphatic heterocycles. The maximum Gasteiger partial charge on any atom is 0.227 e. The van der Waals surface area contributed by atoms with E-state index in [0.717, 1.165) is 33.7 Å². The summed E-state index contributed by atoms with van der Waals surface area (Å²) in [6.45, 7) is 6.42. The minimum atomic E-state index is -0.0396. The number of anilines is 1. The summed E-state index contributed by atoms with van der Waals surface area (Å²) in [4.78, 5) is 12.4. The molecule has 0 heterocycles. The SMILES string of the molecule is Cc1cc(C)c(NC(=O)CCOc2ccccc2-c2ccccc2)c(C)c1. The minimum absolute atomic E-state index is 0.0396. The lowest BCUT2D eigenvalue weighted by molar-refractivity contribution is -0.116. The Kier molecular flexibility index (Phi) is 5.92. The van der Waals surface area contributed by atoms with Crippen LogP contribution in [0, 0.1) is 20.8 Å². The Balaban J connectivity index is 1.62. The second-order valence-electron chi connectivity index (χ2n) is 6.78. The van der Waals surface area contributed by atoms with Crippen LogP contribution in [0.2, 0.25) is 0 Å². The zero-order chi connectivity index (χ0) is 19.2. The monoisotopic (exact) mass is 359 g/mol. The number of nitrogens with one attached hydrogen (secondary N) is 1. The highest BCUT2D eigenvalue weighted by Gasteiger charge is 2.10. The van der Waals surface area contributed by atoms with Crippen LogP contribution in [0.5, 0.6) is 5.75 Å². The third-order valence-electron chi connectivity index (χ3n) is 4.50. The van der Waals surface area contributed by atoms with E-state index < -0.39 is 0 Å². The Labute approximate surface area is 161 Å². The average Bonchev–Trinajstić information content (AvgIpc) is 2.66. The van der Waals surface area contributed by atoms with Crippen LogP contribution in [-0.2, 0) is 4.79 Å². The van der Waals surface area contributed by atoms with Gasteiger partial charge in [0, 0.05) is 11.3 Å². The molecular formula is C24H25NO2. The number of rotatable bonds is 6. The first-order valence-electron chi connectivity index (χ1n) is 9.19. The highest BCUT2D eigenvalue weighted by atomic mass is 16.5. The molecule has 0 unspecified atom stereocenters. The van der Waals surface area contributed by atoms with Gasteiger partial charge < -0.3 is 10.1 Å². The van der Waals surface area contributed by atoms with Crippen LogP contribution in [0.3, 0.4) is 0 Å². The second kappa shape index (κ2) is 8.54. The van der Waals surface area contributed by atoms with Gasteiger partial charge in [-0.1, -0.05) is 66.2 Å². The van der Waals surface area contributed by atoms with Gasteiger partial charge in [0.25, 0.3) is 0 Å². The van der Waals surface area contributed by atoms with Crippen LogP contribution in [-0.4, -0.2) is 12.5 Å². The van der Waals surface area contributed by atoms with Crippen molar-refractivity contribution in [2.24, 2.45) is 0 Å². The Morgan fingerprint density at radius 2 is 1.52 bits per heavy atom. The van der Waals surface area contributed by atoms with Gasteiger partial charge in [0.2, 0.25) is 5.91 Å². The molecule has 1 N–H and O–H groups in total. The second-order valence-corrected chi connectivity index (χ2v) is 6.78. The lowest BCUT2D eigenvalue weighted by atomic mass is 10.0. The van der Waals surface area contributed by atoms with Crippen molar-refractivity contribution in [3.63, 3.8) is 0 Å². The van der Waals surface area contributed by atoms with Gasteiger partial charge in [0.15, 0.2) is 0 Å². The minimum Gasteiger partial charge on any atom is -0.492 e. The molecule has 138 valence electrons. The fourth-order valence-corrected chi connectivity index (χ4v) is 3.28. The molecule has 3 aromatic rings. The molecule has 3 nitrogen and oxygen atoms in total. The van der Waals surface area contributed by atoms with Gasteiger partial charge in [-0.05, 0) is 43.5 Å². The largest absolute Gasteiger partial charge is 0.492 e. The molecule has 0 saturated heterocycles. The molecule has 27 heavy (non-hydrogen) atoms. The van der Waals surface area contributed by atoms with Gasteiger partial charge in [-0.2, -0.15) is 0 Å².